The number of aliphatic imine (C=N–C) groups is 1. The molecule has 0 aliphatic carbocycles. The van der Waals surface area contributed by atoms with Crippen LogP contribution in [-0.2, 0) is 26.0 Å². The first-order valence-electron chi connectivity index (χ1n) is 14.7. The third kappa shape index (κ3) is 8.91. The smallest absolute Gasteiger partial charge is 1.00 e. The molecule has 2 amide bonds. The third-order valence-corrected chi connectivity index (χ3v) is 9.87. The molecule has 2 saturated heterocycles. The van der Waals surface area contributed by atoms with Crippen LogP contribution in [0.3, 0.4) is 0 Å². The topological polar surface area (TPSA) is 124 Å². The van der Waals surface area contributed by atoms with Gasteiger partial charge in [0.25, 0.3) is 15.9 Å². The van der Waals surface area contributed by atoms with Crippen molar-refractivity contribution in [2.45, 2.75) is 18.2 Å². The Hall–Kier alpha value is -3.94. The predicted molar refractivity (Wildman–Crippen MR) is 184 cm³/mol. The second-order valence-corrected chi connectivity index (χ2v) is 13.6. The number of piperazine rings is 1. The van der Waals surface area contributed by atoms with Crippen LogP contribution in [0.15, 0.2) is 112 Å². The van der Waals surface area contributed by atoms with Crippen LogP contribution in [0.5, 0.6) is 0 Å². The summed E-state index contributed by atoms with van der Waals surface area (Å²) in [6.07, 6.45) is 3.55. The Morgan fingerprint density at radius 1 is 0.957 bits per heavy atom. The van der Waals surface area contributed by atoms with Gasteiger partial charge in [0.15, 0.2) is 5.17 Å². The van der Waals surface area contributed by atoms with Gasteiger partial charge in [-0.25, -0.2) is 23.1 Å². The molecule has 236 valence electrons. The van der Waals surface area contributed by atoms with Gasteiger partial charge >= 0.3 is 29.6 Å². The molecule has 0 saturated carbocycles. The van der Waals surface area contributed by atoms with Crippen LogP contribution in [0.4, 0.5) is 17.2 Å². The number of pyridine rings is 1. The largest absolute Gasteiger partial charge is 1.00 e. The van der Waals surface area contributed by atoms with Crippen molar-refractivity contribution in [1.82, 2.24) is 15.0 Å². The summed E-state index contributed by atoms with van der Waals surface area (Å²) in [6.45, 7) is 5.46. The second-order valence-electron chi connectivity index (χ2n) is 10.9. The quantitative estimate of drug-likeness (QED) is 0.214. The van der Waals surface area contributed by atoms with Crippen molar-refractivity contribution in [3.8, 4) is 0 Å². The normalized spacial score (nSPS) is 16.6. The Balaban J connectivity index is 0.00000260. The minimum Gasteiger partial charge on any atom is -1.00 e. The number of anilines is 2. The summed E-state index contributed by atoms with van der Waals surface area (Å²) >= 11 is 1.26. The molecule has 6 rings (SSSR count). The molecular weight excluding hydrogens is 644 g/mol. The first-order valence-corrected chi connectivity index (χ1v) is 17.0. The average Bonchev–Trinajstić information content (AvgIpc) is 3.40. The molecule has 13 heteroatoms. The maximum Gasteiger partial charge on any atom is 1.00 e. The van der Waals surface area contributed by atoms with E-state index in [-0.39, 0.29) is 48.2 Å². The van der Waals surface area contributed by atoms with Crippen LogP contribution in [0.2, 0.25) is 0 Å². The van der Waals surface area contributed by atoms with Gasteiger partial charge in [-0.1, -0.05) is 48.0 Å². The van der Waals surface area contributed by atoms with E-state index >= 15 is 0 Å². The zero-order chi connectivity index (χ0) is 32.1. The molecule has 3 heterocycles. The van der Waals surface area contributed by atoms with Crippen molar-refractivity contribution >= 4 is 62.0 Å². The Kier molecular flexibility index (Phi) is 11.2. The fraction of sp³-hybridized carbons (Fsp3) is 0.176. The number of carbonyl (C=O) groups is 2. The van der Waals surface area contributed by atoms with Gasteiger partial charge in [0.2, 0.25) is 5.91 Å². The fourth-order valence-electron chi connectivity index (χ4n) is 5.10. The average molecular weight is 677 g/mol. The van der Waals surface area contributed by atoms with Crippen LogP contribution < -0.4 is 49.4 Å². The Bertz CT molecular complexity index is 1900. The Morgan fingerprint density at radius 3 is 2.30 bits per heavy atom. The van der Waals surface area contributed by atoms with Gasteiger partial charge in [0, 0.05) is 38.1 Å². The molecule has 0 unspecified atom stereocenters. The standard InChI is InChI=1S/C34H32N6O4S2.Na.H/c1-24-5-15-29(16-6-24)46(43,44)38-32(41)23-26-7-11-27(12-8-26)36-34-37-33(42)30(45-34)22-25-9-13-28(14-10-25)39-18-20-40(21-19-39)31-4-2-3-17-35-31;;/h2-17,22H,18-21,23H2,1H3,(H,38,41)(H,36,37,42);;/q;+1;-1/b30-22-;;. The maximum atomic E-state index is 12.7. The van der Waals surface area contributed by atoms with E-state index in [9.17, 15) is 18.0 Å². The number of benzene rings is 3. The number of aromatic nitrogens is 1. The van der Waals surface area contributed by atoms with Crippen LogP contribution >= 0.6 is 11.8 Å². The van der Waals surface area contributed by atoms with Crippen molar-refractivity contribution in [3.05, 3.63) is 119 Å². The van der Waals surface area contributed by atoms with Crippen LogP contribution in [-0.4, -0.2) is 56.6 Å². The van der Waals surface area contributed by atoms with E-state index in [0.29, 0.717) is 21.3 Å². The number of carbonyl (C=O) groups excluding carboxylic acids is 2. The second kappa shape index (κ2) is 15.3. The number of sulfonamides is 1. The zero-order valence-corrected chi connectivity index (χ0v) is 29.7. The number of aryl methyl sites for hydroxylation is 1. The summed E-state index contributed by atoms with van der Waals surface area (Å²) in [4.78, 5) is 39.3. The number of nitrogens with one attached hydrogen (secondary N) is 2. The number of thioether (sulfide) groups is 1. The van der Waals surface area contributed by atoms with Crippen LogP contribution in [0.25, 0.3) is 6.08 Å². The molecule has 0 spiro atoms. The van der Waals surface area contributed by atoms with Crippen molar-refractivity contribution in [3.63, 3.8) is 0 Å². The molecule has 0 atom stereocenters. The van der Waals surface area contributed by atoms with Gasteiger partial charge in [0.1, 0.15) is 5.82 Å². The van der Waals surface area contributed by atoms with E-state index in [1.807, 2.05) is 49.5 Å². The van der Waals surface area contributed by atoms with E-state index in [2.05, 4.69) is 41.9 Å². The molecule has 3 aromatic carbocycles. The molecule has 2 N–H and O–H groups in total. The van der Waals surface area contributed by atoms with Crippen LogP contribution in [0, 0.1) is 6.92 Å². The molecule has 2 aliphatic heterocycles. The zero-order valence-electron chi connectivity index (χ0n) is 27.1. The van der Waals surface area contributed by atoms with Gasteiger partial charge in [-0.3, -0.25) is 9.59 Å². The van der Waals surface area contributed by atoms with Gasteiger partial charge in [0.05, 0.1) is 21.9 Å². The monoisotopic (exact) mass is 676 g/mol. The van der Waals surface area contributed by atoms with Gasteiger partial charge in [-0.2, -0.15) is 0 Å². The summed E-state index contributed by atoms with van der Waals surface area (Å²) in [5.41, 5.74) is 4.20. The molecule has 2 aliphatic rings. The van der Waals surface area contributed by atoms with Crippen LogP contribution in [0.1, 0.15) is 18.1 Å². The van der Waals surface area contributed by atoms with E-state index in [0.717, 1.165) is 48.8 Å². The van der Waals surface area contributed by atoms with E-state index < -0.39 is 15.9 Å². The number of nitrogens with zero attached hydrogens (tertiary/aromatic N) is 4. The summed E-state index contributed by atoms with van der Waals surface area (Å²) < 4.78 is 27.1. The molecule has 47 heavy (non-hydrogen) atoms. The molecule has 4 aromatic rings. The van der Waals surface area contributed by atoms with Gasteiger partial charge < -0.3 is 16.5 Å². The number of amides is 2. The maximum absolute atomic E-state index is 12.7. The summed E-state index contributed by atoms with van der Waals surface area (Å²) in [5.74, 6) is 0.149. The number of hydrogen-bond donors (Lipinski definition) is 2. The molecule has 0 radical (unpaired) electrons. The minimum atomic E-state index is -3.95. The molecule has 10 nitrogen and oxygen atoms in total. The fourth-order valence-corrected chi connectivity index (χ4v) is 6.93. The van der Waals surface area contributed by atoms with Gasteiger partial charge in [-0.15, -0.1) is 0 Å². The molecule has 0 bridgehead atoms. The Labute approximate surface area is 302 Å². The predicted octanol–water partition coefficient (Wildman–Crippen LogP) is 1.77. The third-order valence-electron chi connectivity index (χ3n) is 7.57. The SMILES string of the molecule is Cc1ccc(S(=O)(=O)NC(=O)Cc2ccc(N=C3NC(=O)/C(=C/c4ccc(N5CCN(c6ccccn6)CC5)cc4)S3)cc2)cc1.[H-].[Na+]. The molecule has 1 aromatic heterocycles. The first-order chi connectivity index (χ1) is 22.2. The van der Waals surface area contributed by atoms with Crippen molar-refractivity contribution in [2.24, 2.45) is 4.99 Å². The number of hydrogen-bond acceptors (Lipinski definition) is 9. The van der Waals surface area contributed by atoms with Crippen molar-refractivity contribution < 1.29 is 49.0 Å². The summed E-state index contributed by atoms with van der Waals surface area (Å²) in [7, 11) is -3.95. The number of rotatable bonds is 8. The van der Waals surface area contributed by atoms with E-state index in [4.69, 9.17) is 0 Å². The molecule has 2 fully saturated rings. The van der Waals surface area contributed by atoms with Crippen molar-refractivity contribution in [1.29, 1.82) is 0 Å². The Morgan fingerprint density at radius 2 is 1.64 bits per heavy atom. The number of amidine groups is 1. The van der Waals surface area contributed by atoms with E-state index in [1.54, 1.807) is 36.4 Å². The van der Waals surface area contributed by atoms with E-state index in [1.165, 1.54) is 23.9 Å². The summed E-state index contributed by atoms with van der Waals surface area (Å²) in [6, 6.07) is 27.3. The summed E-state index contributed by atoms with van der Waals surface area (Å²) in [5, 5.41) is 3.25. The first kappa shape index (κ1) is 34.4. The minimum absolute atomic E-state index is 0. The molecular formula is C34H33N6NaO4S2. The van der Waals surface area contributed by atoms with Gasteiger partial charge in [-0.05, 0) is 84.4 Å². The van der Waals surface area contributed by atoms with Crippen molar-refractivity contribution in [2.75, 3.05) is 36.0 Å².